The van der Waals surface area contributed by atoms with Gasteiger partial charge < -0.3 is 4.74 Å². The van der Waals surface area contributed by atoms with Gasteiger partial charge in [-0.15, -0.1) is 0 Å². The van der Waals surface area contributed by atoms with Gasteiger partial charge in [0.15, 0.2) is 0 Å². The number of amides is 2. The number of ether oxygens (including phenoxy) is 1. The number of hydrazine groups is 1. The maximum atomic E-state index is 13.5. The van der Waals surface area contributed by atoms with Crippen LogP contribution in [0.3, 0.4) is 0 Å². The van der Waals surface area contributed by atoms with Gasteiger partial charge in [-0.2, -0.15) is 0 Å². The fraction of sp³-hybridized carbons (Fsp3) is 0.364. The molecule has 28 heavy (non-hydrogen) atoms. The number of carbonyl (C=O) groups is 2. The van der Waals surface area contributed by atoms with Gasteiger partial charge in [-0.05, 0) is 31.0 Å². The van der Waals surface area contributed by atoms with Crippen LogP contribution in [0, 0.1) is 12.8 Å². The molecule has 0 saturated carbocycles. The average Bonchev–Trinajstić information content (AvgIpc) is 3.35. The van der Waals surface area contributed by atoms with Gasteiger partial charge in [0.25, 0.3) is 5.91 Å². The highest BCUT2D eigenvalue weighted by Crippen LogP contribution is 2.49. The minimum absolute atomic E-state index is 0.0971. The molecule has 5 rings (SSSR count). The minimum atomic E-state index is -0.424. The summed E-state index contributed by atoms with van der Waals surface area (Å²) in [7, 11) is 1.58. The topological polar surface area (TPSA) is 53.1 Å². The van der Waals surface area contributed by atoms with Crippen LogP contribution >= 0.6 is 0 Å². The quantitative estimate of drug-likeness (QED) is 0.770. The lowest BCUT2D eigenvalue weighted by Gasteiger charge is -2.29. The smallest absolute Gasteiger partial charge is 0.253 e. The predicted molar refractivity (Wildman–Crippen MR) is 105 cm³/mol. The van der Waals surface area contributed by atoms with E-state index >= 15 is 0 Å². The van der Waals surface area contributed by atoms with Crippen LogP contribution < -0.4 is 9.64 Å². The molecule has 144 valence electrons. The van der Waals surface area contributed by atoms with E-state index in [-0.39, 0.29) is 23.8 Å². The standard InChI is InChI=1S/C22H23N3O3/c1-14-7-9-15(10-8-14)19-18-20(24-12-4-11-23(19)24)22(27)25(21(18)26)16-5-3-6-17(13-16)28-2/h3,5-10,13,18-20H,4,11-12H2,1-2H3/t18-,19-,20-/m0/s1. The lowest BCUT2D eigenvalue weighted by Crippen LogP contribution is -2.44. The molecule has 2 aromatic rings. The molecule has 3 saturated heterocycles. The molecule has 0 radical (unpaired) electrons. The van der Waals surface area contributed by atoms with E-state index in [1.807, 2.05) is 12.1 Å². The van der Waals surface area contributed by atoms with E-state index in [0.717, 1.165) is 25.1 Å². The Bertz CT molecular complexity index is 942. The van der Waals surface area contributed by atoms with Crippen LogP contribution in [-0.4, -0.2) is 48.1 Å². The number of carbonyl (C=O) groups excluding carboxylic acids is 2. The van der Waals surface area contributed by atoms with Crippen molar-refractivity contribution in [2.75, 3.05) is 25.1 Å². The molecule has 0 aliphatic carbocycles. The van der Waals surface area contributed by atoms with Crippen molar-refractivity contribution in [1.82, 2.24) is 10.0 Å². The Balaban J connectivity index is 1.57. The maximum Gasteiger partial charge on any atom is 0.253 e. The van der Waals surface area contributed by atoms with Crippen LogP contribution in [0.4, 0.5) is 5.69 Å². The second-order valence-electron chi connectivity index (χ2n) is 7.72. The average molecular weight is 377 g/mol. The molecule has 0 aromatic heterocycles. The molecule has 0 unspecified atom stereocenters. The fourth-order valence-corrected chi connectivity index (χ4v) is 4.88. The highest BCUT2D eigenvalue weighted by atomic mass is 16.5. The van der Waals surface area contributed by atoms with Crippen LogP contribution in [0.25, 0.3) is 0 Å². The summed E-state index contributed by atoms with van der Waals surface area (Å²) in [5.41, 5.74) is 2.86. The monoisotopic (exact) mass is 377 g/mol. The normalized spacial score (nSPS) is 27.4. The molecule has 2 amide bonds. The molecular weight excluding hydrogens is 354 g/mol. The Labute approximate surface area is 164 Å². The molecule has 6 heteroatoms. The number of nitrogens with zero attached hydrogens (tertiary/aromatic N) is 3. The van der Waals surface area contributed by atoms with Gasteiger partial charge in [-0.3, -0.25) is 9.59 Å². The zero-order valence-electron chi connectivity index (χ0n) is 16.0. The Morgan fingerprint density at radius 1 is 0.929 bits per heavy atom. The Kier molecular flexibility index (Phi) is 4.00. The first-order chi connectivity index (χ1) is 13.6. The van der Waals surface area contributed by atoms with Gasteiger partial charge in [0, 0.05) is 19.2 Å². The Morgan fingerprint density at radius 2 is 1.64 bits per heavy atom. The summed E-state index contributed by atoms with van der Waals surface area (Å²) in [6, 6.07) is 15.0. The maximum absolute atomic E-state index is 13.5. The van der Waals surface area contributed by atoms with Crippen molar-refractivity contribution in [2.24, 2.45) is 5.92 Å². The number of rotatable bonds is 3. The van der Waals surface area contributed by atoms with Gasteiger partial charge >= 0.3 is 0 Å². The van der Waals surface area contributed by atoms with E-state index in [1.165, 1.54) is 10.5 Å². The second-order valence-corrected chi connectivity index (χ2v) is 7.72. The molecule has 6 nitrogen and oxygen atoms in total. The molecule has 3 atom stereocenters. The molecule has 3 aliphatic heterocycles. The molecule has 3 fully saturated rings. The summed E-state index contributed by atoms with van der Waals surface area (Å²) in [5.74, 6) is -0.0113. The van der Waals surface area contributed by atoms with E-state index in [0.29, 0.717) is 11.4 Å². The first kappa shape index (κ1) is 17.4. The van der Waals surface area contributed by atoms with Crippen molar-refractivity contribution in [1.29, 1.82) is 0 Å². The number of aryl methyl sites for hydroxylation is 1. The van der Waals surface area contributed by atoms with Crippen LogP contribution in [0.2, 0.25) is 0 Å². The van der Waals surface area contributed by atoms with Gasteiger partial charge in [0.1, 0.15) is 11.8 Å². The van der Waals surface area contributed by atoms with Crippen molar-refractivity contribution in [3.63, 3.8) is 0 Å². The third kappa shape index (κ3) is 2.41. The van der Waals surface area contributed by atoms with Crippen molar-refractivity contribution in [3.05, 3.63) is 59.7 Å². The van der Waals surface area contributed by atoms with Gasteiger partial charge in [-0.25, -0.2) is 14.9 Å². The van der Waals surface area contributed by atoms with Crippen molar-refractivity contribution in [2.45, 2.75) is 25.4 Å². The van der Waals surface area contributed by atoms with Crippen molar-refractivity contribution in [3.8, 4) is 5.75 Å². The number of hydrogen-bond donors (Lipinski definition) is 0. The van der Waals surface area contributed by atoms with Crippen LogP contribution in [0.15, 0.2) is 48.5 Å². The lowest BCUT2D eigenvalue weighted by atomic mass is 9.89. The Hall–Kier alpha value is -2.70. The first-order valence-corrected chi connectivity index (χ1v) is 9.72. The highest BCUT2D eigenvalue weighted by Gasteiger charge is 2.62. The van der Waals surface area contributed by atoms with E-state index < -0.39 is 6.04 Å². The van der Waals surface area contributed by atoms with E-state index in [9.17, 15) is 9.59 Å². The van der Waals surface area contributed by atoms with Gasteiger partial charge in [-0.1, -0.05) is 35.9 Å². The summed E-state index contributed by atoms with van der Waals surface area (Å²) in [6.45, 7) is 3.75. The van der Waals surface area contributed by atoms with Crippen molar-refractivity contribution < 1.29 is 14.3 Å². The summed E-state index contributed by atoms with van der Waals surface area (Å²) >= 11 is 0. The zero-order valence-corrected chi connectivity index (χ0v) is 16.0. The predicted octanol–water partition coefficient (Wildman–Crippen LogP) is 2.54. The molecule has 0 spiro atoms. The number of methoxy groups -OCH3 is 1. The van der Waals surface area contributed by atoms with Gasteiger partial charge in [0.05, 0.1) is 24.8 Å². The highest BCUT2D eigenvalue weighted by molar-refractivity contribution is 6.24. The summed E-state index contributed by atoms with van der Waals surface area (Å²) in [5, 5.41) is 4.36. The molecule has 0 N–H and O–H groups in total. The zero-order chi connectivity index (χ0) is 19.4. The third-order valence-electron chi connectivity index (χ3n) is 6.14. The number of hydrogen-bond acceptors (Lipinski definition) is 5. The second kappa shape index (κ2) is 6.43. The molecule has 3 aliphatic rings. The van der Waals surface area contributed by atoms with E-state index in [2.05, 4.69) is 41.2 Å². The third-order valence-corrected chi connectivity index (χ3v) is 6.14. The van der Waals surface area contributed by atoms with Crippen LogP contribution in [-0.2, 0) is 9.59 Å². The van der Waals surface area contributed by atoms with E-state index in [1.54, 1.807) is 19.2 Å². The number of benzene rings is 2. The summed E-state index contributed by atoms with van der Waals surface area (Å²) < 4.78 is 5.28. The fourth-order valence-electron chi connectivity index (χ4n) is 4.88. The number of fused-ring (bicyclic) bond motifs is 3. The number of imide groups is 1. The van der Waals surface area contributed by atoms with Crippen LogP contribution in [0.5, 0.6) is 5.75 Å². The summed E-state index contributed by atoms with van der Waals surface area (Å²) in [6.07, 6.45) is 1.01. The minimum Gasteiger partial charge on any atom is -0.497 e. The number of anilines is 1. The Morgan fingerprint density at radius 3 is 2.36 bits per heavy atom. The van der Waals surface area contributed by atoms with Gasteiger partial charge in [0.2, 0.25) is 5.91 Å². The molecular formula is C22H23N3O3. The largest absolute Gasteiger partial charge is 0.497 e. The van der Waals surface area contributed by atoms with E-state index in [4.69, 9.17) is 4.74 Å². The lowest BCUT2D eigenvalue weighted by molar-refractivity contribution is -0.126. The SMILES string of the molecule is COc1cccc(N2C(=O)[C@@H]3[C@@H](C2=O)N2CCCN2[C@H]3c2ccc(C)cc2)c1. The summed E-state index contributed by atoms with van der Waals surface area (Å²) in [4.78, 5) is 28.2. The van der Waals surface area contributed by atoms with Crippen LogP contribution in [0.1, 0.15) is 23.6 Å². The van der Waals surface area contributed by atoms with Crippen molar-refractivity contribution >= 4 is 17.5 Å². The molecule has 2 aromatic carbocycles. The first-order valence-electron chi connectivity index (χ1n) is 9.72. The molecule has 3 heterocycles. The molecule has 0 bridgehead atoms.